The Morgan fingerprint density at radius 2 is 2.00 bits per heavy atom. The number of allylic oxidation sites excluding steroid dienone is 2. The topological polar surface area (TPSA) is 87.6 Å². The van der Waals surface area contributed by atoms with E-state index in [0.717, 1.165) is 29.9 Å². The number of hydrogen-bond acceptors (Lipinski definition) is 5. The standard InChI is InChI=1S/C18H17N3O3S2/c22-18(20-19-16-11-13-3-1-4-15(13)16)12-6-8-14(9-7-12)21-26(23,24)17-5-2-10-25-17/h1-2,4-10,13,15,21H,3,11H2,(H,20,22). The van der Waals surface area contributed by atoms with Gasteiger partial charge in [-0.1, -0.05) is 18.2 Å². The first-order valence-electron chi connectivity index (χ1n) is 8.23. The number of hydrazone groups is 1. The van der Waals surface area contributed by atoms with Crippen LogP contribution in [0, 0.1) is 11.8 Å². The van der Waals surface area contributed by atoms with Gasteiger partial charge in [0.25, 0.3) is 15.9 Å². The summed E-state index contributed by atoms with van der Waals surface area (Å²) >= 11 is 1.15. The van der Waals surface area contributed by atoms with Gasteiger partial charge in [-0.2, -0.15) is 5.10 Å². The maximum absolute atomic E-state index is 12.2. The van der Waals surface area contributed by atoms with Crippen LogP contribution in [-0.4, -0.2) is 20.0 Å². The fourth-order valence-corrected chi connectivity index (χ4v) is 5.21. The van der Waals surface area contributed by atoms with Crippen molar-refractivity contribution in [3.05, 3.63) is 59.5 Å². The lowest BCUT2D eigenvalue weighted by Crippen LogP contribution is -2.35. The predicted molar refractivity (Wildman–Crippen MR) is 102 cm³/mol. The first-order chi connectivity index (χ1) is 12.5. The molecule has 134 valence electrons. The summed E-state index contributed by atoms with van der Waals surface area (Å²) in [5.74, 6) is 0.723. The van der Waals surface area contributed by atoms with E-state index in [4.69, 9.17) is 0 Å². The van der Waals surface area contributed by atoms with Crippen molar-refractivity contribution in [1.82, 2.24) is 5.43 Å². The molecule has 1 saturated carbocycles. The highest BCUT2D eigenvalue weighted by Gasteiger charge is 2.37. The monoisotopic (exact) mass is 387 g/mol. The van der Waals surface area contributed by atoms with Crippen molar-refractivity contribution in [1.29, 1.82) is 0 Å². The molecule has 8 heteroatoms. The van der Waals surface area contributed by atoms with Crippen molar-refractivity contribution >= 4 is 38.7 Å². The van der Waals surface area contributed by atoms with Gasteiger partial charge in [-0.15, -0.1) is 11.3 Å². The molecule has 26 heavy (non-hydrogen) atoms. The highest BCUT2D eigenvalue weighted by molar-refractivity contribution is 7.94. The Bertz CT molecular complexity index is 977. The predicted octanol–water partition coefficient (Wildman–Crippen LogP) is 3.23. The van der Waals surface area contributed by atoms with E-state index >= 15 is 0 Å². The average molecular weight is 387 g/mol. The van der Waals surface area contributed by atoms with Gasteiger partial charge < -0.3 is 0 Å². The maximum atomic E-state index is 12.2. The highest BCUT2D eigenvalue weighted by atomic mass is 32.2. The first kappa shape index (κ1) is 17.0. The van der Waals surface area contributed by atoms with E-state index in [1.165, 1.54) is 0 Å². The molecule has 1 heterocycles. The molecular formula is C18H17N3O3S2. The van der Waals surface area contributed by atoms with Gasteiger partial charge in [0.05, 0.1) is 0 Å². The first-order valence-corrected chi connectivity index (χ1v) is 10.6. The minimum atomic E-state index is -3.59. The Kier molecular flexibility index (Phi) is 4.37. The number of amides is 1. The van der Waals surface area contributed by atoms with Gasteiger partial charge in [-0.3, -0.25) is 9.52 Å². The molecule has 0 aliphatic heterocycles. The lowest BCUT2D eigenvalue weighted by Gasteiger charge is -2.31. The summed E-state index contributed by atoms with van der Waals surface area (Å²) < 4.78 is 27.1. The summed E-state index contributed by atoms with van der Waals surface area (Å²) in [6.07, 6.45) is 6.34. The third kappa shape index (κ3) is 3.30. The molecule has 1 amide bonds. The van der Waals surface area contributed by atoms with Crippen LogP contribution < -0.4 is 10.1 Å². The number of thiophene rings is 1. The van der Waals surface area contributed by atoms with E-state index in [2.05, 4.69) is 27.4 Å². The molecule has 1 aromatic carbocycles. The van der Waals surface area contributed by atoms with Gasteiger partial charge in [-0.05, 0) is 54.5 Å². The zero-order valence-corrected chi connectivity index (χ0v) is 15.4. The van der Waals surface area contributed by atoms with E-state index in [9.17, 15) is 13.2 Å². The summed E-state index contributed by atoms with van der Waals surface area (Å²) in [6, 6.07) is 9.48. The van der Waals surface area contributed by atoms with Crippen LogP contribution in [-0.2, 0) is 10.0 Å². The zero-order chi connectivity index (χ0) is 18.1. The Morgan fingerprint density at radius 3 is 2.69 bits per heavy atom. The second-order valence-corrected chi connectivity index (χ2v) is 9.17. The molecule has 0 bridgehead atoms. The quantitative estimate of drug-likeness (QED) is 0.610. The van der Waals surface area contributed by atoms with Gasteiger partial charge in [0.15, 0.2) is 0 Å². The fourth-order valence-electron chi connectivity index (χ4n) is 3.16. The van der Waals surface area contributed by atoms with Gasteiger partial charge in [-0.25, -0.2) is 13.8 Å². The third-order valence-electron chi connectivity index (χ3n) is 4.61. The highest BCUT2D eigenvalue weighted by Crippen LogP contribution is 2.40. The normalized spacial score (nSPS) is 22.7. The molecule has 1 fully saturated rings. The van der Waals surface area contributed by atoms with Crippen LogP contribution in [0.4, 0.5) is 5.69 Å². The largest absolute Gasteiger partial charge is 0.279 e. The molecule has 2 N–H and O–H groups in total. The molecule has 2 aliphatic carbocycles. The van der Waals surface area contributed by atoms with Crippen LogP contribution in [0.2, 0.25) is 0 Å². The van der Waals surface area contributed by atoms with Crippen LogP contribution in [0.25, 0.3) is 0 Å². The molecule has 2 aromatic rings. The molecule has 1 aromatic heterocycles. The fraction of sp³-hybridized carbons (Fsp3) is 0.222. The van der Waals surface area contributed by atoms with Crippen LogP contribution in [0.5, 0.6) is 0 Å². The van der Waals surface area contributed by atoms with Crippen LogP contribution >= 0.6 is 11.3 Å². The number of hydrogen-bond donors (Lipinski definition) is 2. The van der Waals surface area contributed by atoms with Crippen LogP contribution in [0.1, 0.15) is 23.2 Å². The molecule has 6 nitrogen and oxygen atoms in total. The molecular weight excluding hydrogens is 370 g/mol. The smallest absolute Gasteiger partial charge is 0.271 e. The summed E-state index contributed by atoms with van der Waals surface area (Å²) in [5.41, 5.74) is 4.42. The Balaban J connectivity index is 1.39. The third-order valence-corrected chi connectivity index (χ3v) is 7.39. The molecule has 2 aliphatic rings. The number of anilines is 1. The minimum Gasteiger partial charge on any atom is -0.279 e. The number of carbonyl (C=O) groups excluding carboxylic acids is 1. The van der Waals surface area contributed by atoms with Crippen molar-refractivity contribution in [2.45, 2.75) is 17.1 Å². The molecule has 0 spiro atoms. The van der Waals surface area contributed by atoms with Gasteiger partial charge in [0.2, 0.25) is 0 Å². The molecule has 4 rings (SSSR count). The van der Waals surface area contributed by atoms with Crippen LogP contribution in [0.3, 0.4) is 0 Å². The molecule has 0 radical (unpaired) electrons. The summed E-state index contributed by atoms with van der Waals surface area (Å²) in [6.45, 7) is 0. The van der Waals surface area contributed by atoms with Crippen molar-refractivity contribution in [3.8, 4) is 0 Å². The molecule has 2 atom stereocenters. The number of sulfonamides is 1. The number of fused-ring (bicyclic) bond motifs is 1. The van der Waals surface area contributed by atoms with Crippen molar-refractivity contribution in [2.24, 2.45) is 16.9 Å². The number of rotatable bonds is 5. The van der Waals surface area contributed by atoms with E-state index < -0.39 is 10.0 Å². The van der Waals surface area contributed by atoms with Gasteiger partial charge >= 0.3 is 0 Å². The summed E-state index contributed by atoms with van der Waals surface area (Å²) in [7, 11) is -3.59. The van der Waals surface area contributed by atoms with Crippen molar-refractivity contribution in [2.75, 3.05) is 4.72 Å². The van der Waals surface area contributed by atoms with Crippen molar-refractivity contribution in [3.63, 3.8) is 0 Å². The van der Waals surface area contributed by atoms with E-state index in [-0.39, 0.29) is 10.1 Å². The Morgan fingerprint density at radius 1 is 1.19 bits per heavy atom. The Labute approximate surface area is 155 Å². The Hall–Kier alpha value is -2.45. The summed E-state index contributed by atoms with van der Waals surface area (Å²) in [5, 5.41) is 5.92. The second-order valence-electron chi connectivity index (χ2n) is 6.31. The minimum absolute atomic E-state index is 0.245. The number of nitrogens with zero attached hydrogens (tertiary/aromatic N) is 1. The lowest BCUT2D eigenvalue weighted by molar-refractivity contribution is 0.0954. The van der Waals surface area contributed by atoms with E-state index in [1.54, 1.807) is 41.8 Å². The van der Waals surface area contributed by atoms with E-state index in [1.807, 2.05) is 0 Å². The second kappa shape index (κ2) is 6.69. The van der Waals surface area contributed by atoms with Crippen molar-refractivity contribution < 1.29 is 13.2 Å². The summed E-state index contributed by atoms with van der Waals surface area (Å²) in [4.78, 5) is 12.2. The van der Waals surface area contributed by atoms with Crippen LogP contribution in [0.15, 0.2) is 63.2 Å². The number of benzene rings is 1. The lowest BCUT2D eigenvalue weighted by atomic mass is 9.74. The number of nitrogens with one attached hydrogen (secondary N) is 2. The number of carbonyl (C=O) groups is 1. The van der Waals surface area contributed by atoms with E-state index in [0.29, 0.717) is 23.1 Å². The average Bonchev–Trinajstić information content (AvgIpc) is 3.26. The van der Waals surface area contributed by atoms with Gasteiger partial charge in [0, 0.05) is 22.9 Å². The molecule has 2 unspecified atom stereocenters. The zero-order valence-electron chi connectivity index (χ0n) is 13.8. The van der Waals surface area contributed by atoms with Gasteiger partial charge in [0.1, 0.15) is 4.21 Å². The maximum Gasteiger partial charge on any atom is 0.271 e. The SMILES string of the molecule is O=C(NN=C1CC2CC=CC12)c1ccc(NS(=O)(=O)c2cccs2)cc1. The molecule has 0 saturated heterocycles.